The first-order valence-corrected chi connectivity index (χ1v) is 6.21. The molecule has 2 nitrogen and oxygen atoms in total. The molecular weight excluding hydrogens is 212 g/mol. The molecule has 0 saturated carbocycles. The third-order valence-electron chi connectivity index (χ3n) is 2.73. The van der Waals surface area contributed by atoms with Gasteiger partial charge in [-0.3, -0.25) is 0 Å². The van der Waals surface area contributed by atoms with Crippen molar-refractivity contribution in [2.24, 2.45) is 5.41 Å². The first-order chi connectivity index (χ1) is 7.88. The number of aryl methyl sites for hydroxylation is 1. The van der Waals surface area contributed by atoms with Crippen LogP contribution in [0.25, 0.3) is 0 Å². The Morgan fingerprint density at radius 3 is 2.29 bits per heavy atom. The lowest BCUT2D eigenvalue weighted by Gasteiger charge is -2.18. The minimum absolute atomic E-state index is 0.287. The average molecular weight is 236 g/mol. The van der Waals surface area contributed by atoms with Crippen LogP contribution in [0.5, 0.6) is 0 Å². The van der Waals surface area contributed by atoms with Crippen molar-refractivity contribution in [3.63, 3.8) is 0 Å². The molecule has 17 heavy (non-hydrogen) atoms. The van der Waals surface area contributed by atoms with Crippen molar-refractivity contribution < 1.29 is 9.84 Å². The number of hydrogen-bond donors (Lipinski definition) is 1. The van der Waals surface area contributed by atoms with Crippen molar-refractivity contribution in [1.82, 2.24) is 0 Å². The number of benzene rings is 1. The van der Waals surface area contributed by atoms with Crippen LogP contribution in [0.15, 0.2) is 24.3 Å². The predicted molar refractivity (Wildman–Crippen MR) is 71.0 cm³/mol. The molecule has 0 heterocycles. The number of hydrogen-bond acceptors (Lipinski definition) is 2. The molecule has 1 unspecified atom stereocenters. The molecule has 0 aliphatic carbocycles. The minimum Gasteiger partial charge on any atom is -0.386 e. The van der Waals surface area contributed by atoms with E-state index >= 15 is 0 Å². The van der Waals surface area contributed by atoms with Gasteiger partial charge in [0.1, 0.15) is 6.10 Å². The summed E-state index contributed by atoms with van der Waals surface area (Å²) in [6.45, 7) is 9.67. The van der Waals surface area contributed by atoms with Crippen LogP contribution >= 0.6 is 0 Å². The van der Waals surface area contributed by atoms with Gasteiger partial charge in [-0.1, -0.05) is 50.6 Å². The van der Waals surface area contributed by atoms with Crippen LogP contribution in [0, 0.1) is 12.3 Å². The Labute approximate surface area is 105 Å². The lowest BCUT2D eigenvalue weighted by molar-refractivity contribution is 0.0263. The van der Waals surface area contributed by atoms with Crippen molar-refractivity contribution in [1.29, 1.82) is 0 Å². The quantitative estimate of drug-likeness (QED) is 0.793. The number of aliphatic hydroxyl groups excluding tert-OH is 1. The highest BCUT2D eigenvalue weighted by atomic mass is 16.5. The van der Waals surface area contributed by atoms with Crippen LogP contribution in [0.3, 0.4) is 0 Å². The van der Waals surface area contributed by atoms with Gasteiger partial charge in [-0.05, 0) is 24.3 Å². The molecule has 0 amide bonds. The normalized spacial score (nSPS) is 13.7. The van der Waals surface area contributed by atoms with Crippen molar-refractivity contribution in [3.05, 3.63) is 35.4 Å². The molecule has 0 spiro atoms. The first kappa shape index (κ1) is 14.2. The minimum atomic E-state index is -0.518. The number of aliphatic hydroxyl groups is 1. The molecule has 0 fully saturated rings. The zero-order valence-electron chi connectivity index (χ0n) is 11.4. The fourth-order valence-electron chi connectivity index (χ4n) is 1.46. The lowest BCUT2D eigenvalue weighted by Crippen LogP contribution is -2.13. The largest absolute Gasteiger partial charge is 0.386 e. The average Bonchev–Trinajstić information content (AvgIpc) is 2.24. The Kier molecular flexibility index (Phi) is 5.16. The van der Waals surface area contributed by atoms with Gasteiger partial charge in [0.05, 0.1) is 6.61 Å². The monoisotopic (exact) mass is 236 g/mol. The lowest BCUT2D eigenvalue weighted by atomic mass is 9.93. The zero-order valence-corrected chi connectivity index (χ0v) is 11.4. The predicted octanol–water partition coefficient (Wildman–Crippen LogP) is 3.48. The molecule has 96 valence electrons. The summed E-state index contributed by atoms with van der Waals surface area (Å²) in [5, 5.41) is 9.92. The Morgan fingerprint density at radius 2 is 1.76 bits per heavy atom. The van der Waals surface area contributed by atoms with Crippen LogP contribution in [0.2, 0.25) is 0 Å². The molecule has 1 N–H and O–H groups in total. The smallest absolute Gasteiger partial charge is 0.102 e. The van der Waals surface area contributed by atoms with E-state index in [0.717, 1.165) is 12.0 Å². The van der Waals surface area contributed by atoms with E-state index < -0.39 is 6.10 Å². The molecule has 0 saturated heterocycles. The third-order valence-corrected chi connectivity index (χ3v) is 2.73. The maximum Gasteiger partial charge on any atom is 0.102 e. The molecule has 1 aromatic rings. The summed E-state index contributed by atoms with van der Waals surface area (Å²) in [5.41, 5.74) is 2.41. The van der Waals surface area contributed by atoms with E-state index in [9.17, 15) is 5.11 Å². The van der Waals surface area contributed by atoms with Crippen molar-refractivity contribution in [2.75, 3.05) is 13.2 Å². The second-order valence-corrected chi connectivity index (χ2v) is 5.81. The van der Waals surface area contributed by atoms with Gasteiger partial charge in [-0.15, -0.1) is 0 Å². The highest BCUT2D eigenvalue weighted by Crippen LogP contribution is 2.19. The summed E-state index contributed by atoms with van der Waals surface area (Å²) < 4.78 is 5.51. The number of ether oxygens (including phenoxy) is 1. The molecular formula is C15H24O2. The highest BCUT2D eigenvalue weighted by molar-refractivity contribution is 5.23. The van der Waals surface area contributed by atoms with Gasteiger partial charge in [0.15, 0.2) is 0 Å². The summed E-state index contributed by atoms with van der Waals surface area (Å²) in [4.78, 5) is 0. The fourth-order valence-corrected chi connectivity index (χ4v) is 1.46. The summed E-state index contributed by atoms with van der Waals surface area (Å²) in [5.74, 6) is 0. The summed E-state index contributed by atoms with van der Waals surface area (Å²) in [6, 6.07) is 7.92. The Morgan fingerprint density at radius 1 is 1.18 bits per heavy atom. The first-order valence-electron chi connectivity index (χ1n) is 6.21. The Bertz CT molecular complexity index is 322. The topological polar surface area (TPSA) is 29.5 Å². The van der Waals surface area contributed by atoms with Gasteiger partial charge in [0, 0.05) is 6.61 Å². The van der Waals surface area contributed by atoms with Gasteiger partial charge in [-0.25, -0.2) is 0 Å². The van der Waals surface area contributed by atoms with Gasteiger partial charge in [0.2, 0.25) is 0 Å². The molecule has 0 aliphatic rings. The van der Waals surface area contributed by atoms with E-state index in [-0.39, 0.29) is 5.41 Å². The second kappa shape index (κ2) is 6.18. The summed E-state index contributed by atoms with van der Waals surface area (Å²) in [7, 11) is 0. The zero-order chi connectivity index (χ0) is 12.9. The summed E-state index contributed by atoms with van der Waals surface area (Å²) in [6.07, 6.45) is 0.490. The third kappa shape index (κ3) is 5.85. The molecule has 0 aliphatic heterocycles. The van der Waals surface area contributed by atoms with Gasteiger partial charge >= 0.3 is 0 Å². The molecule has 0 aromatic heterocycles. The second-order valence-electron chi connectivity index (χ2n) is 5.81. The highest BCUT2D eigenvalue weighted by Gasteiger charge is 2.11. The molecule has 0 radical (unpaired) electrons. The number of rotatable bonds is 5. The van der Waals surface area contributed by atoms with E-state index in [0.29, 0.717) is 13.2 Å². The van der Waals surface area contributed by atoms with Gasteiger partial charge in [-0.2, -0.15) is 0 Å². The SMILES string of the molecule is Cc1ccc(C(O)COCCC(C)(C)C)cc1. The van der Waals surface area contributed by atoms with Crippen molar-refractivity contribution in [3.8, 4) is 0 Å². The van der Waals surface area contributed by atoms with E-state index in [4.69, 9.17) is 4.74 Å². The van der Waals surface area contributed by atoms with E-state index in [1.807, 2.05) is 31.2 Å². The van der Waals surface area contributed by atoms with Gasteiger partial charge in [0.25, 0.3) is 0 Å². The van der Waals surface area contributed by atoms with Crippen LogP contribution in [-0.4, -0.2) is 18.3 Å². The van der Waals surface area contributed by atoms with Crippen LogP contribution in [0.1, 0.15) is 44.4 Å². The van der Waals surface area contributed by atoms with Crippen molar-refractivity contribution >= 4 is 0 Å². The summed E-state index contributed by atoms with van der Waals surface area (Å²) >= 11 is 0. The fraction of sp³-hybridized carbons (Fsp3) is 0.600. The molecule has 0 bridgehead atoms. The maximum absolute atomic E-state index is 9.92. The Hall–Kier alpha value is -0.860. The standard InChI is InChI=1S/C15H24O2/c1-12-5-7-13(8-6-12)14(16)11-17-10-9-15(2,3)4/h5-8,14,16H,9-11H2,1-4H3. The van der Waals surface area contributed by atoms with Crippen LogP contribution in [0.4, 0.5) is 0 Å². The van der Waals surface area contributed by atoms with Gasteiger partial charge < -0.3 is 9.84 Å². The van der Waals surface area contributed by atoms with E-state index in [1.54, 1.807) is 0 Å². The molecule has 1 aromatic carbocycles. The van der Waals surface area contributed by atoms with Crippen molar-refractivity contribution in [2.45, 2.75) is 40.2 Å². The molecule has 1 rings (SSSR count). The van der Waals surface area contributed by atoms with E-state index in [2.05, 4.69) is 20.8 Å². The maximum atomic E-state index is 9.92. The Balaban J connectivity index is 2.30. The molecule has 2 heteroatoms. The van der Waals surface area contributed by atoms with E-state index in [1.165, 1.54) is 5.56 Å². The van der Waals surface area contributed by atoms with Crippen LogP contribution in [-0.2, 0) is 4.74 Å². The molecule has 1 atom stereocenters. The van der Waals surface area contributed by atoms with Crippen LogP contribution < -0.4 is 0 Å².